The van der Waals surface area contributed by atoms with Crippen LogP contribution in [0.25, 0.3) is 0 Å². The Bertz CT molecular complexity index is 653. The maximum absolute atomic E-state index is 12.8. The molecule has 3 nitrogen and oxygen atoms in total. The lowest BCUT2D eigenvalue weighted by Gasteiger charge is -2.13. The van der Waals surface area contributed by atoms with Gasteiger partial charge in [-0.25, -0.2) is 4.39 Å². The van der Waals surface area contributed by atoms with E-state index >= 15 is 0 Å². The van der Waals surface area contributed by atoms with Crippen LogP contribution in [0.1, 0.15) is 50.8 Å². The zero-order valence-corrected chi connectivity index (χ0v) is 17.8. The lowest BCUT2D eigenvalue weighted by atomic mass is 9.94. The maximum atomic E-state index is 12.8. The molecular formula is C23H34FNO2. The van der Waals surface area contributed by atoms with Crippen LogP contribution in [0.5, 0.6) is 5.75 Å². The van der Waals surface area contributed by atoms with Crippen LogP contribution < -0.4 is 10.1 Å². The number of halogens is 1. The van der Waals surface area contributed by atoms with Gasteiger partial charge in [-0.3, -0.25) is 0 Å². The van der Waals surface area contributed by atoms with Crippen molar-refractivity contribution < 1.29 is 13.9 Å². The second-order valence-electron chi connectivity index (χ2n) is 7.51. The molecule has 1 N–H and O–H groups in total. The molecule has 2 aromatic rings. The fourth-order valence-electron chi connectivity index (χ4n) is 2.15. The monoisotopic (exact) mass is 375 g/mol. The molecule has 0 radical (unpaired) electrons. The van der Waals surface area contributed by atoms with Crippen LogP contribution >= 0.6 is 0 Å². The number of carbonyl (C=O) groups is 1. The molecule has 0 heterocycles. The molecular weight excluding hydrogens is 341 g/mol. The van der Waals surface area contributed by atoms with Crippen LogP contribution in [-0.2, 0) is 11.4 Å². The number of rotatable bonds is 4. The molecule has 0 aromatic heterocycles. The first-order valence-electron chi connectivity index (χ1n) is 9.11. The zero-order valence-electron chi connectivity index (χ0n) is 17.8. The fourth-order valence-corrected chi connectivity index (χ4v) is 2.15. The van der Waals surface area contributed by atoms with Gasteiger partial charge in [-0.2, -0.15) is 0 Å². The Morgan fingerprint density at radius 1 is 1.04 bits per heavy atom. The Balaban J connectivity index is 0.000000722. The summed E-state index contributed by atoms with van der Waals surface area (Å²) in [5.74, 6) is 0.604. The number of benzene rings is 2. The van der Waals surface area contributed by atoms with Gasteiger partial charge in [-0.1, -0.05) is 46.2 Å². The van der Waals surface area contributed by atoms with E-state index in [-0.39, 0.29) is 5.82 Å². The minimum absolute atomic E-state index is 0.228. The Kier molecular flexibility index (Phi) is 11.0. The minimum atomic E-state index is -0.228. The number of ether oxygens (including phenoxy) is 1. The summed E-state index contributed by atoms with van der Waals surface area (Å²) in [7, 11) is 1.91. The SMILES string of the molecule is C=O.CCC(C)(C)C.CNc1c(C)cc(OCc2ccc(F)cc2)cc1C. The highest BCUT2D eigenvalue weighted by Gasteiger charge is 2.05. The maximum Gasteiger partial charge on any atom is 0.123 e. The number of aryl methyl sites for hydroxylation is 2. The molecule has 4 heteroatoms. The molecule has 0 bridgehead atoms. The second kappa shape index (κ2) is 12.1. The Hall–Kier alpha value is -2.36. The van der Waals surface area contributed by atoms with E-state index in [1.807, 2.05) is 39.8 Å². The molecule has 27 heavy (non-hydrogen) atoms. The molecule has 0 unspecified atom stereocenters. The summed E-state index contributed by atoms with van der Waals surface area (Å²) in [6.45, 7) is 15.5. The molecule has 0 amide bonds. The van der Waals surface area contributed by atoms with E-state index in [2.05, 4.69) is 33.0 Å². The van der Waals surface area contributed by atoms with E-state index in [9.17, 15) is 4.39 Å². The van der Waals surface area contributed by atoms with Crippen LogP contribution in [0, 0.1) is 25.1 Å². The molecule has 150 valence electrons. The molecule has 2 aromatic carbocycles. The number of anilines is 1. The Labute approximate surface area is 164 Å². The van der Waals surface area contributed by atoms with Gasteiger partial charge in [0.05, 0.1) is 0 Å². The minimum Gasteiger partial charge on any atom is -0.489 e. The molecule has 0 aliphatic heterocycles. The summed E-state index contributed by atoms with van der Waals surface area (Å²) in [6, 6.07) is 10.4. The van der Waals surface area contributed by atoms with Crippen LogP contribution in [0.3, 0.4) is 0 Å². The van der Waals surface area contributed by atoms with Gasteiger partial charge in [0.2, 0.25) is 0 Å². The van der Waals surface area contributed by atoms with Crippen LogP contribution in [-0.4, -0.2) is 13.8 Å². The van der Waals surface area contributed by atoms with Crippen molar-refractivity contribution in [1.29, 1.82) is 0 Å². The lowest BCUT2D eigenvalue weighted by molar-refractivity contribution is -0.0979. The molecule has 0 spiro atoms. The predicted octanol–water partition coefficient (Wildman–Crippen LogP) is 6.32. The van der Waals surface area contributed by atoms with Gasteiger partial charge in [-0.05, 0) is 60.2 Å². The van der Waals surface area contributed by atoms with Gasteiger partial charge in [0, 0.05) is 12.7 Å². The van der Waals surface area contributed by atoms with E-state index in [0.29, 0.717) is 12.0 Å². The van der Waals surface area contributed by atoms with Gasteiger partial charge in [0.25, 0.3) is 0 Å². The summed E-state index contributed by atoms with van der Waals surface area (Å²) >= 11 is 0. The van der Waals surface area contributed by atoms with Crippen molar-refractivity contribution in [1.82, 2.24) is 0 Å². The molecule has 0 saturated heterocycles. The first-order valence-corrected chi connectivity index (χ1v) is 9.11. The van der Waals surface area contributed by atoms with Crippen LogP contribution in [0.15, 0.2) is 36.4 Å². The second-order valence-corrected chi connectivity index (χ2v) is 7.51. The van der Waals surface area contributed by atoms with Gasteiger partial charge in [-0.15, -0.1) is 0 Å². The van der Waals surface area contributed by atoms with Gasteiger partial charge in [0.15, 0.2) is 0 Å². The Morgan fingerprint density at radius 2 is 1.48 bits per heavy atom. The van der Waals surface area contributed by atoms with E-state index < -0.39 is 0 Å². The fraction of sp³-hybridized carbons (Fsp3) is 0.435. The predicted molar refractivity (Wildman–Crippen MR) is 113 cm³/mol. The summed E-state index contributed by atoms with van der Waals surface area (Å²) < 4.78 is 18.5. The van der Waals surface area contributed by atoms with Crippen molar-refractivity contribution in [3.8, 4) is 5.75 Å². The average molecular weight is 376 g/mol. The topological polar surface area (TPSA) is 38.3 Å². The molecule has 0 aliphatic carbocycles. The van der Waals surface area contributed by atoms with Gasteiger partial charge in [0.1, 0.15) is 25.0 Å². The van der Waals surface area contributed by atoms with Crippen molar-refractivity contribution in [3.05, 3.63) is 58.9 Å². The first kappa shape index (κ1) is 24.6. The third-order valence-electron chi connectivity index (χ3n) is 4.14. The van der Waals surface area contributed by atoms with E-state index in [1.54, 1.807) is 12.1 Å². The van der Waals surface area contributed by atoms with Crippen molar-refractivity contribution in [3.63, 3.8) is 0 Å². The van der Waals surface area contributed by atoms with Crippen molar-refractivity contribution >= 4 is 12.5 Å². The van der Waals surface area contributed by atoms with Crippen molar-refractivity contribution in [2.75, 3.05) is 12.4 Å². The average Bonchev–Trinajstić information content (AvgIpc) is 2.63. The largest absolute Gasteiger partial charge is 0.489 e. The summed E-state index contributed by atoms with van der Waals surface area (Å²) in [4.78, 5) is 8.00. The standard InChI is InChI=1S/C16H18FNO.C6H14.CH2O/c1-11-8-15(9-12(2)16(11)18-3)19-10-13-4-6-14(17)7-5-13;1-5-6(2,3)4;1-2/h4-9,18H,10H2,1-3H3;5H2,1-4H3;1H2. The quantitative estimate of drug-likeness (QED) is 0.679. The normalized spacial score (nSPS) is 10.1. The van der Waals surface area contributed by atoms with Crippen LogP contribution in [0.2, 0.25) is 0 Å². The van der Waals surface area contributed by atoms with Gasteiger partial charge >= 0.3 is 0 Å². The molecule has 0 atom stereocenters. The number of hydrogen-bond donors (Lipinski definition) is 1. The molecule has 0 fully saturated rings. The molecule has 0 aliphatic rings. The molecule has 2 rings (SSSR count). The first-order chi connectivity index (χ1) is 12.7. The number of hydrogen-bond acceptors (Lipinski definition) is 3. The number of nitrogens with one attached hydrogen (secondary N) is 1. The molecule has 0 saturated carbocycles. The van der Waals surface area contributed by atoms with Gasteiger partial charge < -0.3 is 14.8 Å². The highest BCUT2D eigenvalue weighted by Crippen LogP contribution is 2.26. The summed E-state index contributed by atoms with van der Waals surface area (Å²) in [5, 5.41) is 3.17. The summed E-state index contributed by atoms with van der Waals surface area (Å²) in [6.07, 6.45) is 1.27. The van der Waals surface area contributed by atoms with E-state index in [1.165, 1.54) is 18.6 Å². The summed E-state index contributed by atoms with van der Waals surface area (Å²) in [5.41, 5.74) is 4.93. The third kappa shape index (κ3) is 9.78. The van der Waals surface area contributed by atoms with E-state index in [0.717, 1.165) is 28.1 Å². The highest BCUT2D eigenvalue weighted by atomic mass is 19.1. The zero-order chi connectivity index (χ0) is 21.0. The van der Waals surface area contributed by atoms with Crippen LogP contribution in [0.4, 0.5) is 10.1 Å². The van der Waals surface area contributed by atoms with Crippen molar-refractivity contribution in [2.45, 2.75) is 54.6 Å². The smallest absolute Gasteiger partial charge is 0.123 e. The van der Waals surface area contributed by atoms with Crippen molar-refractivity contribution in [2.24, 2.45) is 5.41 Å². The lowest BCUT2D eigenvalue weighted by Crippen LogP contribution is -2.00. The van der Waals surface area contributed by atoms with E-state index in [4.69, 9.17) is 9.53 Å². The third-order valence-corrected chi connectivity index (χ3v) is 4.14. The highest BCUT2D eigenvalue weighted by molar-refractivity contribution is 5.59. The Morgan fingerprint density at radius 3 is 1.85 bits per heavy atom. The number of carbonyl (C=O) groups excluding carboxylic acids is 1.